The smallest absolute Gasteiger partial charge is 0.260 e. The lowest BCUT2D eigenvalue weighted by Crippen LogP contribution is -2.18. The van der Waals surface area contributed by atoms with Gasteiger partial charge in [-0.15, -0.1) is 0 Å². The fourth-order valence-electron chi connectivity index (χ4n) is 4.47. The second-order valence-electron chi connectivity index (χ2n) is 8.51. The van der Waals surface area contributed by atoms with Crippen LogP contribution in [0.2, 0.25) is 10.2 Å². The summed E-state index contributed by atoms with van der Waals surface area (Å²) in [5, 5.41) is 2.17. The number of ether oxygens (including phenoxy) is 2. The van der Waals surface area contributed by atoms with Crippen molar-refractivity contribution in [3.05, 3.63) is 104 Å². The number of fused-ring (bicyclic) bond motifs is 3. The number of allylic oxidation sites excluding steroid dienone is 1. The number of aromatic amines is 1. The molecule has 6 nitrogen and oxygen atoms in total. The molecular weight excluding hydrogens is 511 g/mol. The number of carbonyl (C=O) groups excluding carboxylic acids is 1. The molecule has 0 unspecified atom stereocenters. The summed E-state index contributed by atoms with van der Waals surface area (Å²) in [7, 11) is 0. The van der Waals surface area contributed by atoms with Gasteiger partial charge in [0, 0.05) is 38.5 Å². The van der Waals surface area contributed by atoms with Crippen molar-refractivity contribution in [3.8, 4) is 22.6 Å². The number of ketones is 1. The zero-order valence-corrected chi connectivity index (χ0v) is 20.8. The maximum Gasteiger partial charge on any atom is 0.260 e. The molecule has 0 saturated carbocycles. The van der Waals surface area contributed by atoms with Gasteiger partial charge in [0.15, 0.2) is 17.3 Å². The van der Waals surface area contributed by atoms with E-state index in [1.807, 2.05) is 42.5 Å². The number of nitrogens with one attached hydrogen (secondary N) is 1. The molecule has 6 rings (SSSR count). The number of carbonyl (C=O) groups is 1. The van der Waals surface area contributed by atoms with E-state index in [4.69, 9.17) is 32.7 Å². The first-order valence-electron chi connectivity index (χ1n) is 11.5. The number of nitrogens with zero attached hydrogens (tertiary/aromatic N) is 1. The summed E-state index contributed by atoms with van der Waals surface area (Å²) in [4.78, 5) is 33.9. The maximum atomic E-state index is 13.5. The summed E-state index contributed by atoms with van der Waals surface area (Å²) >= 11 is 12.7. The SMILES string of the molecule is O=C(/C=C/c1cc2cc3c(cc2nc1Cl)OCCO3)c1c(-c2ccccc2)c2cc(Cl)ccc2[nH]c1=O. The average Bonchev–Trinajstić information content (AvgIpc) is 2.90. The van der Waals surface area contributed by atoms with Crippen LogP contribution in [0.3, 0.4) is 0 Å². The predicted octanol–water partition coefficient (Wildman–Crippen LogP) is 6.72. The Morgan fingerprint density at radius 1 is 0.946 bits per heavy atom. The Kier molecular flexibility index (Phi) is 5.91. The van der Waals surface area contributed by atoms with Crippen LogP contribution in [-0.4, -0.2) is 29.0 Å². The van der Waals surface area contributed by atoms with Crippen LogP contribution >= 0.6 is 23.2 Å². The molecule has 0 spiro atoms. The van der Waals surface area contributed by atoms with Gasteiger partial charge in [-0.25, -0.2) is 4.98 Å². The van der Waals surface area contributed by atoms with Crippen LogP contribution in [0.25, 0.3) is 39.0 Å². The van der Waals surface area contributed by atoms with Gasteiger partial charge in [0.1, 0.15) is 18.4 Å². The van der Waals surface area contributed by atoms with E-state index in [-0.39, 0.29) is 10.7 Å². The molecule has 0 radical (unpaired) electrons. The molecule has 0 atom stereocenters. The van der Waals surface area contributed by atoms with Crippen molar-refractivity contribution in [2.45, 2.75) is 0 Å². The molecule has 37 heavy (non-hydrogen) atoms. The van der Waals surface area contributed by atoms with Gasteiger partial charge >= 0.3 is 0 Å². The Balaban J connectivity index is 1.46. The molecule has 182 valence electrons. The minimum Gasteiger partial charge on any atom is -0.486 e. The normalized spacial score (nSPS) is 12.9. The molecule has 0 amide bonds. The fourth-order valence-corrected chi connectivity index (χ4v) is 4.86. The Labute approximate surface area is 221 Å². The molecular formula is C29H18Cl2N2O4. The topological polar surface area (TPSA) is 81.3 Å². The Bertz CT molecular complexity index is 1800. The summed E-state index contributed by atoms with van der Waals surface area (Å²) in [6.45, 7) is 0.941. The van der Waals surface area contributed by atoms with Crippen molar-refractivity contribution in [2.24, 2.45) is 0 Å². The van der Waals surface area contributed by atoms with Crippen LogP contribution in [0.1, 0.15) is 15.9 Å². The van der Waals surface area contributed by atoms with Gasteiger partial charge in [-0.2, -0.15) is 0 Å². The molecule has 0 saturated heterocycles. The molecule has 5 aromatic rings. The number of benzene rings is 3. The summed E-state index contributed by atoms with van der Waals surface area (Å²) in [5.41, 5.74) is 2.53. The van der Waals surface area contributed by atoms with E-state index in [9.17, 15) is 9.59 Å². The van der Waals surface area contributed by atoms with E-state index in [0.29, 0.717) is 57.3 Å². The first kappa shape index (κ1) is 23.3. The van der Waals surface area contributed by atoms with Gasteiger partial charge in [0.2, 0.25) is 0 Å². The largest absolute Gasteiger partial charge is 0.486 e. The lowest BCUT2D eigenvalue weighted by atomic mass is 9.94. The molecule has 8 heteroatoms. The lowest BCUT2D eigenvalue weighted by molar-refractivity contribution is 0.104. The first-order chi connectivity index (χ1) is 18.0. The summed E-state index contributed by atoms with van der Waals surface area (Å²) in [5.74, 6) is 0.771. The number of aromatic nitrogens is 2. The zero-order chi connectivity index (χ0) is 25.5. The van der Waals surface area contributed by atoms with E-state index in [1.165, 1.54) is 6.08 Å². The minimum absolute atomic E-state index is 0.0155. The van der Waals surface area contributed by atoms with Crippen LogP contribution in [-0.2, 0) is 0 Å². The number of pyridine rings is 2. The summed E-state index contributed by atoms with van der Waals surface area (Å²) < 4.78 is 11.3. The highest BCUT2D eigenvalue weighted by Gasteiger charge is 2.20. The van der Waals surface area contributed by atoms with E-state index < -0.39 is 11.3 Å². The summed E-state index contributed by atoms with van der Waals surface area (Å²) in [6.07, 6.45) is 2.89. The van der Waals surface area contributed by atoms with Crippen molar-refractivity contribution >= 4 is 56.9 Å². The fraction of sp³-hybridized carbons (Fsp3) is 0.0690. The Morgan fingerprint density at radius 3 is 2.49 bits per heavy atom. The molecule has 1 N–H and O–H groups in total. The van der Waals surface area contributed by atoms with Crippen LogP contribution < -0.4 is 15.0 Å². The standard InChI is InChI=1S/C29H18Cl2N2O4/c30-19-7-8-21-20(14-19)26(16-4-2-1-3-5-16)27(29(35)33-21)23(34)9-6-17-12-18-13-24-25(37-11-10-36-24)15-22(18)32-28(17)31/h1-9,12-15H,10-11H2,(H,33,35)/b9-6+. The van der Waals surface area contributed by atoms with E-state index >= 15 is 0 Å². The zero-order valence-electron chi connectivity index (χ0n) is 19.3. The van der Waals surface area contributed by atoms with Crippen molar-refractivity contribution in [3.63, 3.8) is 0 Å². The molecule has 2 aromatic heterocycles. The van der Waals surface area contributed by atoms with Crippen LogP contribution in [0, 0.1) is 0 Å². The second kappa shape index (κ2) is 9.39. The molecule has 3 aromatic carbocycles. The quantitative estimate of drug-likeness (QED) is 0.159. The monoisotopic (exact) mass is 528 g/mol. The molecule has 1 aliphatic rings. The van der Waals surface area contributed by atoms with Gasteiger partial charge in [0.25, 0.3) is 5.56 Å². The van der Waals surface area contributed by atoms with Gasteiger partial charge in [-0.3, -0.25) is 9.59 Å². The van der Waals surface area contributed by atoms with E-state index in [2.05, 4.69) is 9.97 Å². The number of halogens is 2. The third-order valence-corrected chi connectivity index (χ3v) is 6.70. The van der Waals surface area contributed by atoms with Crippen LogP contribution in [0.5, 0.6) is 11.5 Å². The van der Waals surface area contributed by atoms with Gasteiger partial charge in [-0.1, -0.05) is 53.5 Å². The summed E-state index contributed by atoms with van der Waals surface area (Å²) in [6, 6.07) is 19.9. The van der Waals surface area contributed by atoms with Crippen molar-refractivity contribution < 1.29 is 14.3 Å². The highest BCUT2D eigenvalue weighted by molar-refractivity contribution is 6.32. The number of rotatable bonds is 4. The molecule has 3 heterocycles. The minimum atomic E-state index is -0.491. The first-order valence-corrected chi connectivity index (χ1v) is 12.3. The van der Waals surface area contributed by atoms with Gasteiger partial charge in [0.05, 0.1) is 11.1 Å². The van der Waals surface area contributed by atoms with Crippen LogP contribution in [0.4, 0.5) is 0 Å². The number of hydrogen-bond acceptors (Lipinski definition) is 5. The highest BCUT2D eigenvalue weighted by atomic mass is 35.5. The van der Waals surface area contributed by atoms with Gasteiger partial charge < -0.3 is 14.5 Å². The van der Waals surface area contributed by atoms with Crippen molar-refractivity contribution in [1.29, 1.82) is 0 Å². The lowest BCUT2D eigenvalue weighted by Gasteiger charge is -2.18. The third kappa shape index (κ3) is 4.35. The Morgan fingerprint density at radius 2 is 1.70 bits per heavy atom. The molecule has 0 aliphatic carbocycles. The van der Waals surface area contributed by atoms with Gasteiger partial charge in [-0.05, 0) is 48.0 Å². The highest BCUT2D eigenvalue weighted by Crippen LogP contribution is 2.36. The molecule has 0 fully saturated rings. The third-order valence-electron chi connectivity index (χ3n) is 6.16. The van der Waals surface area contributed by atoms with Crippen LogP contribution in [0.15, 0.2) is 77.6 Å². The maximum absolute atomic E-state index is 13.5. The Hall–Kier alpha value is -4.13. The van der Waals surface area contributed by atoms with Crippen molar-refractivity contribution in [2.75, 3.05) is 13.2 Å². The molecule has 1 aliphatic heterocycles. The number of hydrogen-bond donors (Lipinski definition) is 1. The van der Waals surface area contributed by atoms with E-state index in [1.54, 1.807) is 30.3 Å². The average molecular weight is 529 g/mol. The van der Waals surface area contributed by atoms with Crippen molar-refractivity contribution in [1.82, 2.24) is 9.97 Å². The van der Waals surface area contributed by atoms with E-state index in [0.717, 1.165) is 10.9 Å². The second-order valence-corrected chi connectivity index (χ2v) is 9.31. The molecule has 0 bridgehead atoms. The predicted molar refractivity (Wildman–Crippen MR) is 146 cm³/mol. The number of H-pyrrole nitrogens is 1.